The van der Waals surface area contributed by atoms with E-state index in [9.17, 15) is 50.8 Å². The highest BCUT2D eigenvalue weighted by Crippen LogP contribution is 2.41. The van der Waals surface area contributed by atoms with Crippen molar-refractivity contribution < 1.29 is 50.3 Å². The van der Waals surface area contributed by atoms with Gasteiger partial charge in [-0.25, -0.2) is 4.98 Å². The smallest absolute Gasteiger partial charge is 0.378 e. The zero-order valence-corrected chi connectivity index (χ0v) is 34.4. The van der Waals surface area contributed by atoms with Crippen LogP contribution in [0, 0.1) is 11.3 Å². The van der Waals surface area contributed by atoms with Crippen molar-refractivity contribution in [3.8, 4) is 6.07 Å². The fourth-order valence-electron chi connectivity index (χ4n) is 8.35. The van der Waals surface area contributed by atoms with E-state index in [-0.39, 0.29) is 73.0 Å². The van der Waals surface area contributed by atoms with Crippen LogP contribution in [0.15, 0.2) is 36.5 Å². The number of rotatable bonds is 11. The molecular weight excluding hydrogens is 842 g/mol. The molecule has 13 nitrogen and oxygen atoms in total. The number of hydrogen-bond donors (Lipinski definition) is 2. The molecule has 1 aliphatic carbocycles. The highest BCUT2D eigenvalue weighted by atomic mass is 35.5. The van der Waals surface area contributed by atoms with Crippen LogP contribution in [0.2, 0.25) is 0 Å². The van der Waals surface area contributed by atoms with Crippen LogP contribution in [0.1, 0.15) is 81.4 Å². The molecule has 2 aromatic rings. The van der Waals surface area contributed by atoms with Crippen molar-refractivity contribution >= 4 is 64.9 Å². The fourth-order valence-corrected chi connectivity index (χ4v) is 8.92. The van der Waals surface area contributed by atoms with E-state index < -0.39 is 65.2 Å². The van der Waals surface area contributed by atoms with E-state index >= 15 is 0 Å². The quantitative estimate of drug-likeness (QED) is 0.127. The SMILES string of the molecule is CC1(C)C(=O)N(c2ccc(C#N)c(C(F)(F)F)c2)C(=S)N1C1CCC(OCCCN2CCN(CC(=O)Nc3cc(C4CCC(=O)NC4=O)ccn3)[C@@H](C(F)(F)F)C2)CC1.Cl. The molecule has 0 spiro atoms. The Balaban J connectivity index is 0.00000683. The number of benzene rings is 1. The Kier molecular flexibility index (Phi) is 14.5. The summed E-state index contributed by atoms with van der Waals surface area (Å²) in [5, 5.41) is 14.1. The largest absolute Gasteiger partial charge is 0.417 e. The molecule has 4 fully saturated rings. The summed E-state index contributed by atoms with van der Waals surface area (Å²) in [4.78, 5) is 60.0. The van der Waals surface area contributed by atoms with E-state index in [1.165, 1.54) is 24.4 Å². The van der Waals surface area contributed by atoms with E-state index in [1.807, 2.05) is 0 Å². The Hall–Kier alpha value is -4.42. The van der Waals surface area contributed by atoms with E-state index in [4.69, 9.17) is 17.0 Å². The lowest BCUT2D eigenvalue weighted by atomic mass is 9.89. The first-order chi connectivity index (χ1) is 27.8. The summed E-state index contributed by atoms with van der Waals surface area (Å²) in [5.41, 5.74) is -2.41. The molecule has 0 radical (unpaired) electrons. The van der Waals surface area contributed by atoms with Crippen molar-refractivity contribution in [3.63, 3.8) is 0 Å². The molecule has 1 saturated carbocycles. The molecule has 1 aromatic heterocycles. The Bertz CT molecular complexity index is 2010. The van der Waals surface area contributed by atoms with Crippen molar-refractivity contribution in [2.24, 2.45) is 0 Å². The van der Waals surface area contributed by atoms with Crippen LogP contribution >= 0.6 is 24.6 Å². The second-order valence-corrected chi connectivity index (χ2v) is 16.1. The van der Waals surface area contributed by atoms with Gasteiger partial charge in [0, 0.05) is 51.4 Å². The summed E-state index contributed by atoms with van der Waals surface area (Å²) in [5.74, 6) is -2.54. The fraction of sp³-hybridized carbons (Fsp3) is 0.564. The number of pyridine rings is 1. The Morgan fingerprint density at radius 3 is 2.42 bits per heavy atom. The molecule has 326 valence electrons. The van der Waals surface area contributed by atoms with Gasteiger partial charge in [0.1, 0.15) is 17.4 Å². The van der Waals surface area contributed by atoms with Crippen LogP contribution in [-0.4, -0.2) is 118 Å². The molecule has 3 saturated heterocycles. The van der Waals surface area contributed by atoms with Gasteiger partial charge in [-0.2, -0.15) is 31.6 Å². The molecule has 21 heteroatoms. The number of amides is 4. The Labute approximate surface area is 354 Å². The molecule has 2 atom stereocenters. The maximum Gasteiger partial charge on any atom is 0.417 e. The van der Waals surface area contributed by atoms with Crippen molar-refractivity contribution in [2.75, 3.05) is 49.5 Å². The number of alkyl halides is 6. The van der Waals surface area contributed by atoms with Gasteiger partial charge in [-0.05, 0) is 100 Å². The van der Waals surface area contributed by atoms with Gasteiger partial charge in [0.05, 0.1) is 41.5 Å². The molecule has 4 amide bonds. The first kappa shape index (κ1) is 46.6. The summed E-state index contributed by atoms with van der Waals surface area (Å²) in [7, 11) is 0. The lowest BCUT2D eigenvalue weighted by Gasteiger charge is -2.42. The predicted octanol–water partition coefficient (Wildman–Crippen LogP) is 5.53. The topological polar surface area (TPSA) is 151 Å². The zero-order chi connectivity index (χ0) is 42.9. The van der Waals surface area contributed by atoms with Crippen LogP contribution in [0.5, 0.6) is 0 Å². The molecule has 1 unspecified atom stereocenters. The average Bonchev–Trinajstić information content (AvgIpc) is 3.34. The number of carbonyl (C=O) groups excluding carboxylic acids is 4. The van der Waals surface area contributed by atoms with Crippen molar-refractivity contribution in [1.82, 2.24) is 25.0 Å². The van der Waals surface area contributed by atoms with Crippen LogP contribution in [0.25, 0.3) is 0 Å². The van der Waals surface area contributed by atoms with Gasteiger partial charge in [0.25, 0.3) is 5.91 Å². The number of aromatic nitrogens is 1. The Morgan fingerprint density at radius 2 is 1.77 bits per heavy atom. The van der Waals surface area contributed by atoms with Crippen molar-refractivity contribution in [3.05, 3.63) is 53.2 Å². The van der Waals surface area contributed by atoms with Crippen LogP contribution in [0.4, 0.5) is 37.8 Å². The van der Waals surface area contributed by atoms with E-state index in [0.717, 1.165) is 21.9 Å². The monoisotopic (exact) mass is 886 g/mol. The van der Waals surface area contributed by atoms with Gasteiger partial charge < -0.3 is 19.9 Å². The molecule has 3 aliphatic heterocycles. The minimum Gasteiger partial charge on any atom is -0.378 e. The number of ether oxygens (including phenoxy) is 1. The van der Waals surface area contributed by atoms with E-state index in [0.29, 0.717) is 57.4 Å². The van der Waals surface area contributed by atoms with Crippen LogP contribution in [-0.2, 0) is 30.1 Å². The number of piperazine rings is 1. The van der Waals surface area contributed by atoms with Crippen molar-refractivity contribution in [2.45, 2.75) is 101 Å². The summed E-state index contributed by atoms with van der Waals surface area (Å²) in [6.45, 7) is 3.44. The number of hydrogen-bond acceptors (Lipinski definition) is 10. The maximum atomic E-state index is 14.2. The third-order valence-corrected chi connectivity index (χ3v) is 11.8. The normalized spacial score (nSPS) is 24.2. The second-order valence-electron chi connectivity index (χ2n) is 15.7. The summed E-state index contributed by atoms with van der Waals surface area (Å²) in [6, 6.07) is 5.59. The third-order valence-electron chi connectivity index (χ3n) is 11.4. The van der Waals surface area contributed by atoms with Gasteiger partial charge in [-0.1, -0.05) is 0 Å². The first-order valence-corrected chi connectivity index (χ1v) is 19.7. The number of nitrogens with one attached hydrogen (secondary N) is 2. The molecule has 6 rings (SSSR count). The molecule has 4 heterocycles. The Morgan fingerprint density at radius 1 is 1.05 bits per heavy atom. The van der Waals surface area contributed by atoms with Crippen LogP contribution < -0.4 is 15.5 Å². The highest BCUT2D eigenvalue weighted by molar-refractivity contribution is 7.80. The number of nitriles is 1. The van der Waals surface area contributed by atoms with E-state index in [1.54, 1.807) is 29.7 Å². The number of thiocarbonyl (C=S) groups is 1. The number of halogens is 7. The minimum atomic E-state index is -4.81. The van der Waals surface area contributed by atoms with E-state index in [2.05, 4.69) is 15.6 Å². The number of carbonyl (C=O) groups is 4. The first-order valence-electron chi connectivity index (χ1n) is 19.3. The molecule has 60 heavy (non-hydrogen) atoms. The van der Waals surface area contributed by atoms with Crippen molar-refractivity contribution in [1.29, 1.82) is 5.26 Å². The third kappa shape index (κ3) is 10.4. The summed E-state index contributed by atoms with van der Waals surface area (Å²) < 4.78 is 90.0. The maximum absolute atomic E-state index is 14.2. The lowest BCUT2D eigenvalue weighted by Crippen LogP contribution is -2.60. The highest BCUT2D eigenvalue weighted by Gasteiger charge is 2.53. The zero-order valence-electron chi connectivity index (χ0n) is 32.8. The summed E-state index contributed by atoms with van der Waals surface area (Å²) >= 11 is 5.68. The molecule has 4 aliphatic rings. The number of imide groups is 1. The molecule has 2 N–H and O–H groups in total. The lowest BCUT2D eigenvalue weighted by molar-refractivity contribution is -0.197. The van der Waals surface area contributed by atoms with Gasteiger partial charge in [-0.15, -0.1) is 12.4 Å². The molecule has 1 aromatic carbocycles. The van der Waals surface area contributed by atoms with Gasteiger partial charge in [0.2, 0.25) is 17.7 Å². The standard InChI is InChI=1S/C39H44F6N8O5S.ClH/c1-37(2)35(57)52(26-5-4-24(20-46)29(19-26)38(40,41)42)36(59)53(37)25-6-8-27(9-7-25)58-17-3-14-50-15-16-51(30(21-50)39(43,44)45)22-33(55)48-31-18-23(12-13-47-31)28-10-11-32(54)49-34(28)56;/h4-5,12-13,18-19,25,27-28,30H,3,6-11,14-17,21-22H2,1-2H3,(H,47,48,55)(H,49,54,56);1H/t25?,27?,28?,30-;/m1./s1. The molecule has 0 bridgehead atoms. The molecular formula is C39H45ClF6N8O5S. The number of anilines is 2. The van der Waals surface area contributed by atoms with Crippen LogP contribution in [0.3, 0.4) is 0 Å². The van der Waals surface area contributed by atoms with Gasteiger partial charge in [0.15, 0.2) is 5.11 Å². The predicted molar refractivity (Wildman–Crippen MR) is 212 cm³/mol. The number of nitrogens with zero attached hydrogens (tertiary/aromatic N) is 6. The number of piperidine rings is 1. The minimum absolute atomic E-state index is 0. The van der Waals surface area contributed by atoms with Gasteiger partial charge >= 0.3 is 12.4 Å². The average molecular weight is 887 g/mol. The summed E-state index contributed by atoms with van der Waals surface area (Å²) in [6.07, 6.45) is -4.86. The van der Waals surface area contributed by atoms with Gasteiger partial charge in [-0.3, -0.25) is 34.3 Å². The second kappa shape index (κ2) is 18.7.